The average molecular weight is 368 g/mol. The van der Waals surface area contributed by atoms with E-state index in [1.54, 1.807) is 11.1 Å². The number of benzene rings is 2. The number of fused-ring (bicyclic) bond motifs is 1. The number of hydrogen-bond donors (Lipinski definition) is 0. The van der Waals surface area contributed by atoms with Gasteiger partial charge in [0.15, 0.2) is 0 Å². The summed E-state index contributed by atoms with van der Waals surface area (Å²) in [4.78, 5) is 0. The monoisotopic (exact) mass is 366 g/mol. The summed E-state index contributed by atoms with van der Waals surface area (Å²) >= 11 is -0.429. The topological polar surface area (TPSA) is 0 Å². The normalized spacial score (nSPS) is 20.0. The molecule has 0 N–H and O–H groups in total. The first kappa shape index (κ1) is 15.9. The molecule has 0 radical (unpaired) electrons. The predicted octanol–water partition coefficient (Wildman–Crippen LogP) is 5.91. The SMILES string of the molecule is C=C[CH2][Zr][CH]1c2cccc(-c3ccccc3)c2CC1C(C)C. The minimum atomic E-state index is -0.429. The van der Waals surface area contributed by atoms with E-state index in [4.69, 9.17) is 0 Å². The molecule has 0 saturated carbocycles. The summed E-state index contributed by atoms with van der Waals surface area (Å²) in [6.07, 6.45) is 3.41. The van der Waals surface area contributed by atoms with E-state index >= 15 is 0 Å². The van der Waals surface area contributed by atoms with Crippen LogP contribution in [0.15, 0.2) is 61.2 Å². The zero-order chi connectivity index (χ0) is 15.5. The summed E-state index contributed by atoms with van der Waals surface area (Å²) in [5.74, 6) is 1.61. The third-order valence-corrected chi connectivity index (χ3v) is 9.03. The van der Waals surface area contributed by atoms with Crippen LogP contribution in [0.1, 0.15) is 28.6 Å². The van der Waals surface area contributed by atoms with Crippen molar-refractivity contribution in [1.82, 2.24) is 0 Å². The number of rotatable bonds is 5. The molecular formula is C21H24Zr. The van der Waals surface area contributed by atoms with Crippen molar-refractivity contribution in [2.75, 3.05) is 0 Å². The predicted molar refractivity (Wildman–Crippen MR) is 91.7 cm³/mol. The molecule has 0 spiro atoms. The molecule has 0 fully saturated rings. The Kier molecular flexibility index (Phi) is 5.14. The zero-order valence-corrected chi connectivity index (χ0v) is 16.0. The molecule has 112 valence electrons. The van der Waals surface area contributed by atoms with Gasteiger partial charge in [-0.15, -0.1) is 0 Å². The first-order chi connectivity index (χ1) is 10.7. The van der Waals surface area contributed by atoms with Crippen molar-refractivity contribution in [3.05, 3.63) is 72.3 Å². The first-order valence-electron chi connectivity index (χ1n) is 8.24. The van der Waals surface area contributed by atoms with Crippen LogP contribution in [0.3, 0.4) is 0 Å². The van der Waals surface area contributed by atoms with Gasteiger partial charge in [0.1, 0.15) is 0 Å². The fourth-order valence-corrected chi connectivity index (χ4v) is 7.91. The fourth-order valence-electron chi connectivity index (χ4n) is 3.69. The second-order valence-electron chi connectivity index (χ2n) is 6.53. The van der Waals surface area contributed by atoms with Crippen molar-refractivity contribution in [1.29, 1.82) is 0 Å². The molecule has 22 heavy (non-hydrogen) atoms. The third-order valence-electron chi connectivity index (χ3n) is 4.84. The first-order valence-corrected chi connectivity index (χ1v) is 11.4. The molecule has 1 aliphatic carbocycles. The van der Waals surface area contributed by atoms with Gasteiger partial charge in [-0.3, -0.25) is 0 Å². The average Bonchev–Trinajstić information content (AvgIpc) is 2.92. The summed E-state index contributed by atoms with van der Waals surface area (Å²) in [5.41, 5.74) is 6.12. The molecule has 1 aliphatic rings. The molecule has 0 bridgehead atoms. The Morgan fingerprint density at radius 1 is 1.14 bits per heavy atom. The Labute approximate surface area is 146 Å². The van der Waals surface area contributed by atoms with E-state index in [0.29, 0.717) is 0 Å². The van der Waals surface area contributed by atoms with Gasteiger partial charge in [-0.1, -0.05) is 0 Å². The van der Waals surface area contributed by atoms with E-state index in [1.165, 1.54) is 21.7 Å². The maximum atomic E-state index is 3.96. The third kappa shape index (κ3) is 3.06. The van der Waals surface area contributed by atoms with Crippen LogP contribution in [-0.2, 0) is 29.7 Å². The molecular weight excluding hydrogens is 343 g/mol. The van der Waals surface area contributed by atoms with Crippen molar-refractivity contribution in [2.45, 2.75) is 28.0 Å². The van der Waals surface area contributed by atoms with Crippen LogP contribution in [0.5, 0.6) is 0 Å². The Morgan fingerprint density at radius 3 is 2.59 bits per heavy atom. The van der Waals surface area contributed by atoms with Gasteiger partial charge in [0.25, 0.3) is 0 Å². The van der Waals surface area contributed by atoms with E-state index < -0.39 is 23.2 Å². The van der Waals surface area contributed by atoms with E-state index in [1.807, 2.05) is 0 Å². The van der Waals surface area contributed by atoms with E-state index in [2.05, 4.69) is 75.0 Å². The molecule has 0 aliphatic heterocycles. The molecule has 0 amide bonds. The Bertz CT molecular complexity index is 642. The van der Waals surface area contributed by atoms with Crippen LogP contribution in [0, 0.1) is 11.8 Å². The Balaban J connectivity index is 2.03. The maximum absolute atomic E-state index is 3.96. The molecule has 2 unspecified atom stereocenters. The molecule has 0 saturated heterocycles. The van der Waals surface area contributed by atoms with E-state index in [0.717, 1.165) is 15.5 Å². The second kappa shape index (κ2) is 7.09. The second-order valence-corrected chi connectivity index (χ2v) is 10.1. The van der Waals surface area contributed by atoms with E-state index in [-0.39, 0.29) is 0 Å². The van der Waals surface area contributed by atoms with Gasteiger partial charge >= 0.3 is 147 Å². The van der Waals surface area contributed by atoms with E-state index in [9.17, 15) is 0 Å². The van der Waals surface area contributed by atoms with Crippen LogP contribution < -0.4 is 0 Å². The fraction of sp³-hybridized carbons (Fsp3) is 0.333. The van der Waals surface area contributed by atoms with Crippen molar-refractivity contribution >= 4 is 0 Å². The van der Waals surface area contributed by atoms with Crippen molar-refractivity contribution in [3.63, 3.8) is 0 Å². The molecule has 2 aromatic rings. The van der Waals surface area contributed by atoms with Crippen molar-refractivity contribution in [3.8, 4) is 11.1 Å². The van der Waals surface area contributed by atoms with Crippen LogP contribution >= 0.6 is 0 Å². The molecule has 2 aromatic carbocycles. The quantitative estimate of drug-likeness (QED) is 0.576. The van der Waals surface area contributed by atoms with Gasteiger partial charge in [-0.2, -0.15) is 0 Å². The standard InChI is InChI=1S/C18H19.C3H5.Zr/c1-13(2)16-11-15-9-6-10-17(18(15)12-16)14-7-4-3-5-8-14;1-3-2;/h3-11,13,16H,12H2,1-2H3;3H,1-2H2;. The molecule has 0 heterocycles. The van der Waals surface area contributed by atoms with Gasteiger partial charge in [0.2, 0.25) is 0 Å². The minimum absolute atomic E-state index is 0.429. The van der Waals surface area contributed by atoms with Gasteiger partial charge in [0.05, 0.1) is 0 Å². The molecule has 0 nitrogen and oxygen atoms in total. The summed E-state index contributed by atoms with van der Waals surface area (Å²) < 4.78 is 2.15. The van der Waals surface area contributed by atoms with Crippen molar-refractivity contribution in [2.24, 2.45) is 11.8 Å². The van der Waals surface area contributed by atoms with Crippen LogP contribution in [0.25, 0.3) is 11.1 Å². The van der Waals surface area contributed by atoms with Crippen molar-refractivity contribution < 1.29 is 23.2 Å². The number of hydrogen-bond acceptors (Lipinski definition) is 0. The zero-order valence-electron chi connectivity index (χ0n) is 13.5. The Hall–Kier alpha value is -0.937. The summed E-state index contributed by atoms with van der Waals surface area (Å²) in [7, 11) is 0. The van der Waals surface area contributed by atoms with Crippen LogP contribution in [0.2, 0.25) is 4.13 Å². The van der Waals surface area contributed by atoms with Gasteiger partial charge in [-0.05, 0) is 0 Å². The Morgan fingerprint density at radius 2 is 1.91 bits per heavy atom. The molecule has 0 aromatic heterocycles. The molecule has 2 atom stereocenters. The summed E-state index contributed by atoms with van der Waals surface area (Å²) in [5, 5.41) is 0. The van der Waals surface area contributed by atoms with Crippen LogP contribution in [0.4, 0.5) is 0 Å². The summed E-state index contributed by atoms with van der Waals surface area (Å²) in [6.45, 7) is 8.76. The molecule has 3 rings (SSSR count). The number of allylic oxidation sites excluding steroid dienone is 1. The van der Waals surface area contributed by atoms with Gasteiger partial charge in [-0.25, -0.2) is 0 Å². The molecule has 1 heteroatoms. The van der Waals surface area contributed by atoms with Gasteiger partial charge in [0, 0.05) is 0 Å². The van der Waals surface area contributed by atoms with Crippen LogP contribution in [-0.4, -0.2) is 0 Å². The summed E-state index contributed by atoms with van der Waals surface area (Å²) in [6, 6.07) is 17.9. The van der Waals surface area contributed by atoms with Gasteiger partial charge < -0.3 is 0 Å².